The van der Waals surface area contributed by atoms with Crippen LogP contribution in [0.25, 0.3) is 0 Å². The maximum absolute atomic E-state index is 14.9. The van der Waals surface area contributed by atoms with E-state index in [0.717, 1.165) is 6.42 Å². The van der Waals surface area contributed by atoms with Crippen molar-refractivity contribution in [3.63, 3.8) is 0 Å². The quantitative estimate of drug-likeness (QED) is 0.878. The van der Waals surface area contributed by atoms with E-state index in [1.165, 1.54) is 19.2 Å². The van der Waals surface area contributed by atoms with Crippen molar-refractivity contribution in [3.05, 3.63) is 65.0 Å². The molecular formula is C19H20FN3O2. The zero-order chi connectivity index (χ0) is 18.0. The van der Waals surface area contributed by atoms with E-state index in [0.29, 0.717) is 11.5 Å². The van der Waals surface area contributed by atoms with Gasteiger partial charge in [0.05, 0.1) is 5.69 Å². The van der Waals surface area contributed by atoms with Crippen LogP contribution in [0.3, 0.4) is 0 Å². The Bertz CT molecular complexity index is 795. The summed E-state index contributed by atoms with van der Waals surface area (Å²) in [6.07, 6.45) is -0.584. The van der Waals surface area contributed by atoms with E-state index in [1.54, 1.807) is 30.3 Å². The lowest BCUT2D eigenvalue weighted by Crippen LogP contribution is -2.28. The van der Waals surface area contributed by atoms with Crippen LogP contribution in [-0.2, 0) is 0 Å². The molecule has 5 nitrogen and oxygen atoms in total. The number of hydrogen-bond acceptors (Lipinski definition) is 3. The molecule has 0 spiro atoms. The summed E-state index contributed by atoms with van der Waals surface area (Å²) in [4.78, 5) is 28.5. The minimum absolute atomic E-state index is 0.0209. The van der Waals surface area contributed by atoms with Gasteiger partial charge in [0, 0.05) is 18.7 Å². The van der Waals surface area contributed by atoms with Crippen molar-refractivity contribution in [2.45, 2.75) is 25.6 Å². The molecule has 1 saturated carbocycles. The molecule has 2 amide bonds. The van der Waals surface area contributed by atoms with Crippen LogP contribution < -0.4 is 10.6 Å². The average molecular weight is 341 g/mol. The van der Waals surface area contributed by atoms with E-state index in [4.69, 9.17) is 0 Å². The first kappa shape index (κ1) is 17.1. The first-order valence-corrected chi connectivity index (χ1v) is 8.23. The molecule has 1 aromatic heterocycles. The number of halogens is 1. The van der Waals surface area contributed by atoms with Crippen LogP contribution in [0, 0.1) is 5.92 Å². The molecule has 1 heterocycles. The molecule has 3 atom stereocenters. The van der Waals surface area contributed by atoms with Gasteiger partial charge >= 0.3 is 0 Å². The first-order chi connectivity index (χ1) is 12.0. The van der Waals surface area contributed by atoms with Gasteiger partial charge in [-0.2, -0.15) is 0 Å². The average Bonchev–Trinajstić information content (AvgIpc) is 3.35. The maximum Gasteiger partial charge on any atom is 0.269 e. The Morgan fingerprint density at radius 3 is 2.48 bits per heavy atom. The molecule has 2 aromatic rings. The van der Waals surface area contributed by atoms with E-state index in [9.17, 15) is 14.0 Å². The first-order valence-electron chi connectivity index (χ1n) is 8.23. The number of alkyl halides is 1. The summed E-state index contributed by atoms with van der Waals surface area (Å²) >= 11 is 0. The Balaban J connectivity index is 1.95. The van der Waals surface area contributed by atoms with E-state index in [-0.39, 0.29) is 28.9 Å². The lowest BCUT2D eigenvalue weighted by atomic mass is 10.0. The van der Waals surface area contributed by atoms with Crippen molar-refractivity contribution in [2.24, 2.45) is 5.92 Å². The number of nitrogens with zero attached hydrogens (tertiary/aromatic N) is 1. The normalized spacial score (nSPS) is 19.8. The molecule has 25 heavy (non-hydrogen) atoms. The van der Waals surface area contributed by atoms with Crippen LogP contribution in [0.15, 0.2) is 42.5 Å². The SMILES string of the molecule is CNC(=O)c1cc(C(=O)N[C@H]2C[C@@H]2C)cc([C@@H](F)c2ccccc2)n1. The molecule has 0 aliphatic heterocycles. The summed E-state index contributed by atoms with van der Waals surface area (Å²) < 4.78 is 14.9. The van der Waals surface area contributed by atoms with Crippen molar-refractivity contribution >= 4 is 11.8 Å². The van der Waals surface area contributed by atoms with Crippen LogP contribution in [-0.4, -0.2) is 29.9 Å². The van der Waals surface area contributed by atoms with Gasteiger partial charge in [0.15, 0.2) is 6.17 Å². The fourth-order valence-corrected chi connectivity index (χ4v) is 2.62. The molecule has 0 bridgehead atoms. The fraction of sp³-hybridized carbons (Fsp3) is 0.316. The van der Waals surface area contributed by atoms with E-state index in [1.807, 2.05) is 6.92 Å². The Kier molecular flexibility index (Phi) is 4.79. The summed E-state index contributed by atoms with van der Waals surface area (Å²) in [5.41, 5.74) is 0.724. The van der Waals surface area contributed by atoms with Crippen LogP contribution in [0.4, 0.5) is 4.39 Å². The number of hydrogen-bond donors (Lipinski definition) is 2. The van der Waals surface area contributed by atoms with Gasteiger partial charge in [-0.25, -0.2) is 9.37 Å². The van der Waals surface area contributed by atoms with E-state index >= 15 is 0 Å². The molecule has 2 N–H and O–H groups in total. The van der Waals surface area contributed by atoms with Gasteiger partial charge in [-0.15, -0.1) is 0 Å². The minimum atomic E-state index is -1.52. The lowest BCUT2D eigenvalue weighted by Gasteiger charge is -2.12. The molecule has 1 aromatic carbocycles. The van der Waals surface area contributed by atoms with Crippen molar-refractivity contribution < 1.29 is 14.0 Å². The zero-order valence-electron chi connectivity index (χ0n) is 14.1. The smallest absolute Gasteiger partial charge is 0.269 e. The standard InChI is InChI=1S/C19H20FN3O2/c1-11-8-14(11)23-18(24)13-9-15(22-16(10-13)19(25)21-2)17(20)12-6-4-3-5-7-12/h3-7,9-11,14,17H,8H2,1-2H3,(H,21,25)(H,23,24)/t11-,14-,17-/m0/s1. The predicted molar refractivity (Wildman–Crippen MR) is 92.1 cm³/mol. The number of carbonyl (C=O) groups is 2. The molecule has 3 rings (SSSR count). The Morgan fingerprint density at radius 1 is 1.20 bits per heavy atom. The van der Waals surface area contributed by atoms with Crippen molar-refractivity contribution in [1.82, 2.24) is 15.6 Å². The summed E-state index contributed by atoms with van der Waals surface area (Å²) in [5.74, 6) is -0.332. The Labute approximate surface area is 145 Å². The molecule has 6 heteroatoms. The summed E-state index contributed by atoms with van der Waals surface area (Å²) in [7, 11) is 1.46. The Hall–Kier alpha value is -2.76. The second-order valence-electron chi connectivity index (χ2n) is 6.31. The van der Waals surface area contributed by atoms with Crippen LogP contribution >= 0.6 is 0 Å². The number of carbonyl (C=O) groups excluding carboxylic acids is 2. The van der Waals surface area contributed by atoms with E-state index < -0.39 is 12.1 Å². The third kappa shape index (κ3) is 3.84. The number of rotatable bonds is 5. The number of aromatic nitrogens is 1. The summed E-state index contributed by atoms with van der Waals surface area (Å²) in [5, 5.41) is 5.35. The second-order valence-corrected chi connectivity index (χ2v) is 6.31. The molecule has 1 aliphatic carbocycles. The van der Waals surface area contributed by atoms with Crippen molar-refractivity contribution in [1.29, 1.82) is 0 Å². The lowest BCUT2D eigenvalue weighted by molar-refractivity contribution is 0.0949. The van der Waals surface area contributed by atoms with Crippen LogP contribution in [0.5, 0.6) is 0 Å². The van der Waals surface area contributed by atoms with Gasteiger partial charge in [-0.1, -0.05) is 37.3 Å². The third-order valence-corrected chi connectivity index (χ3v) is 4.34. The molecule has 1 fully saturated rings. The largest absolute Gasteiger partial charge is 0.354 e. The van der Waals surface area contributed by atoms with Gasteiger partial charge in [0.1, 0.15) is 5.69 Å². The van der Waals surface area contributed by atoms with Gasteiger partial charge < -0.3 is 10.6 Å². The van der Waals surface area contributed by atoms with Crippen molar-refractivity contribution in [2.75, 3.05) is 7.05 Å². The molecular weight excluding hydrogens is 321 g/mol. The second kappa shape index (κ2) is 7.01. The molecule has 0 saturated heterocycles. The number of amides is 2. The van der Waals surface area contributed by atoms with Crippen molar-refractivity contribution in [3.8, 4) is 0 Å². The van der Waals surface area contributed by atoms with Gasteiger partial charge in [0.2, 0.25) is 0 Å². The van der Waals surface area contributed by atoms with Gasteiger partial charge in [-0.05, 0) is 30.0 Å². The van der Waals surface area contributed by atoms with Crippen LogP contribution in [0.2, 0.25) is 0 Å². The monoisotopic (exact) mass is 341 g/mol. The molecule has 0 radical (unpaired) electrons. The highest BCUT2D eigenvalue weighted by Gasteiger charge is 2.34. The molecule has 1 aliphatic rings. The topological polar surface area (TPSA) is 71.1 Å². The highest BCUT2D eigenvalue weighted by Crippen LogP contribution is 2.30. The maximum atomic E-state index is 14.9. The number of nitrogens with one attached hydrogen (secondary N) is 2. The summed E-state index contributed by atoms with van der Waals surface area (Å²) in [6.45, 7) is 2.05. The molecule has 130 valence electrons. The number of benzene rings is 1. The molecule has 0 unspecified atom stereocenters. The highest BCUT2D eigenvalue weighted by molar-refractivity contribution is 5.98. The number of pyridine rings is 1. The predicted octanol–water partition coefficient (Wildman–Crippen LogP) is 2.64. The third-order valence-electron chi connectivity index (χ3n) is 4.34. The summed E-state index contributed by atoms with van der Waals surface area (Å²) in [6, 6.07) is 11.5. The fourth-order valence-electron chi connectivity index (χ4n) is 2.62. The van der Waals surface area contributed by atoms with Gasteiger partial charge in [-0.3, -0.25) is 9.59 Å². The minimum Gasteiger partial charge on any atom is -0.354 e. The highest BCUT2D eigenvalue weighted by atomic mass is 19.1. The van der Waals surface area contributed by atoms with Gasteiger partial charge in [0.25, 0.3) is 11.8 Å². The zero-order valence-corrected chi connectivity index (χ0v) is 14.1. The van der Waals surface area contributed by atoms with Crippen LogP contribution in [0.1, 0.15) is 51.6 Å². The Morgan fingerprint density at radius 2 is 1.88 bits per heavy atom. The van der Waals surface area contributed by atoms with E-state index in [2.05, 4.69) is 15.6 Å².